The zero-order valence-corrected chi connectivity index (χ0v) is 20.2. The van der Waals surface area contributed by atoms with E-state index in [2.05, 4.69) is 37.8 Å². The van der Waals surface area contributed by atoms with E-state index in [1.165, 1.54) is 25.7 Å². The van der Waals surface area contributed by atoms with Gasteiger partial charge < -0.3 is 10.2 Å². The predicted octanol–water partition coefficient (Wildman–Crippen LogP) is 4.17. The van der Waals surface area contributed by atoms with Gasteiger partial charge in [0.15, 0.2) is 5.82 Å². The van der Waals surface area contributed by atoms with Gasteiger partial charge in [-0.25, -0.2) is 4.79 Å². The van der Waals surface area contributed by atoms with Crippen LogP contribution in [0.2, 0.25) is 0 Å². The first-order valence-electron chi connectivity index (χ1n) is 13.1. The van der Waals surface area contributed by atoms with Gasteiger partial charge in [0, 0.05) is 6.42 Å². The SMILES string of the molecule is CC[C@H]1CC2C3CC[C@H]([C@H](C)Cc4noc(=O)[nH]4)[C@@]3(C)CC(O)C2[C@@]2(C)CC[C@@H](O)C[C@@H]12. The Morgan fingerprint density at radius 1 is 1.16 bits per heavy atom. The zero-order valence-electron chi connectivity index (χ0n) is 20.2. The summed E-state index contributed by atoms with van der Waals surface area (Å²) in [5, 5.41) is 26.1. The van der Waals surface area contributed by atoms with Crippen LogP contribution in [0, 0.1) is 52.3 Å². The fourth-order valence-electron chi connectivity index (χ4n) is 9.84. The lowest BCUT2D eigenvalue weighted by atomic mass is 9.41. The van der Waals surface area contributed by atoms with Gasteiger partial charge in [0.25, 0.3) is 0 Å². The fraction of sp³-hybridized carbons (Fsp3) is 0.923. The van der Waals surface area contributed by atoms with Crippen LogP contribution in [0.5, 0.6) is 0 Å². The molecule has 0 saturated heterocycles. The summed E-state index contributed by atoms with van der Waals surface area (Å²) in [6.45, 7) is 9.49. The molecular weight excluding hydrogens is 404 g/mol. The number of hydrogen-bond acceptors (Lipinski definition) is 5. The predicted molar refractivity (Wildman–Crippen MR) is 122 cm³/mol. The summed E-state index contributed by atoms with van der Waals surface area (Å²) >= 11 is 0. The summed E-state index contributed by atoms with van der Waals surface area (Å²) in [7, 11) is 0. The highest BCUT2D eigenvalue weighted by Gasteiger charge is 2.64. The van der Waals surface area contributed by atoms with Gasteiger partial charge in [-0.2, -0.15) is 0 Å². The van der Waals surface area contributed by atoms with Gasteiger partial charge in [0.2, 0.25) is 0 Å². The van der Waals surface area contributed by atoms with E-state index in [9.17, 15) is 15.0 Å². The number of nitrogens with one attached hydrogen (secondary N) is 1. The quantitative estimate of drug-likeness (QED) is 0.645. The average Bonchev–Trinajstić information content (AvgIpc) is 3.29. The number of aliphatic hydroxyl groups is 2. The Balaban J connectivity index is 1.43. The number of H-pyrrole nitrogens is 1. The highest BCUT2D eigenvalue weighted by atomic mass is 16.5. The summed E-state index contributed by atoms with van der Waals surface area (Å²) in [6.07, 6.45) is 8.85. The molecule has 0 amide bonds. The molecule has 6 nitrogen and oxygen atoms in total. The zero-order chi connectivity index (χ0) is 22.8. The molecule has 4 fully saturated rings. The van der Waals surface area contributed by atoms with E-state index in [-0.39, 0.29) is 23.0 Å². The van der Waals surface area contributed by atoms with E-state index >= 15 is 0 Å². The van der Waals surface area contributed by atoms with Crippen molar-refractivity contribution in [2.45, 2.75) is 97.7 Å². The second-order valence-electron chi connectivity index (χ2n) is 12.4. The maximum absolute atomic E-state index is 11.7. The van der Waals surface area contributed by atoms with Gasteiger partial charge in [0.05, 0.1) is 12.2 Å². The lowest BCUT2D eigenvalue weighted by molar-refractivity contribution is -0.196. The Hall–Kier alpha value is -1.14. The molecule has 4 aliphatic rings. The first kappa shape index (κ1) is 22.6. The molecule has 0 aromatic carbocycles. The number of fused-ring (bicyclic) bond motifs is 5. The van der Waals surface area contributed by atoms with Crippen molar-refractivity contribution in [1.82, 2.24) is 10.1 Å². The first-order valence-corrected chi connectivity index (χ1v) is 13.1. The highest BCUT2D eigenvalue weighted by molar-refractivity contribution is 5.13. The van der Waals surface area contributed by atoms with Crippen LogP contribution in [-0.2, 0) is 6.42 Å². The molecule has 180 valence electrons. The van der Waals surface area contributed by atoms with E-state index in [1.54, 1.807) is 0 Å². The van der Waals surface area contributed by atoms with Gasteiger partial charge in [0.1, 0.15) is 0 Å². The maximum Gasteiger partial charge on any atom is 0.438 e. The number of aromatic nitrogens is 2. The second kappa shape index (κ2) is 7.97. The third-order valence-corrected chi connectivity index (χ3v) is 11.0. The van der Waals surface area contributed by atoms with Crippen LogP contribution in [0.25, 0.3) is 0 Å². The maximum atomic E-state index is 11.7. The van der Waals surface area contributed by atoms with Crippen molar-refractivity contribution in [1.29, 1.82) is 0 Å². The third-order valence-electron chi connectivity index (χ3n) is 11.0. The van der Waals surface area contributed by atoms with Crippen LogP contribution < -0.4 is 5.76 Å². The normalized spacial score (nSPS) is 49.2. The molecule has 0 radical (unpaired) electrons. The Kier molecular flexibility index (Phi) is 5.64. The van der Waals surface area contributed by atoms with Crippen LogP contribution in [0.3, 0.4) is 0 Å². The monoisotopic (exact) mass is 446 g/mol. The molecule has 3 N–H and O–H groups in total. The molecule has 1 heterocycles. The van der Waals surface area contributed by atoms with Crippen LogP contribution in [0.4, 0.5) is 0 Å². The molecule has 32 heavy (non-hydrogen) atoms. The first-order chi connectivity index (χ1) is 15.2. The van der Waals surface area contributed by atoms with Crippen LogP contribution in [0.15, 0.2) is 9.32 Å². The number of hydrogen-bond donors (Lipinski definition) is 3. The lowest BCUT2D eigenvalue weighted by Crippen LogP contribution is -2.61. The molecule has 0 aliphatic heterocycles. The minimum absolute atomic E-state index is 0.125. The molecule has 4 unspecified atom stereocenters. The topological polar surface area (TPSA) is 99.4 Å². The molecule has 4 aliphatic carbocycles. The van der Waals surface area contributed by atoms with Crippen molar-refractivity contribution in [2.24, 2.45) is 52.3 Å². The Morgan fingerprint density at radius 3 is 2.62 bits per heavy atom. The number of nitrogens with zero attached hydrogens (tertiary/aromatic N) is 1. The molecule has 1 aromatic rings. The number of aliphatic hydroxyl groups excluding tert-OH is 2. The van der Waals surface area contributed by atoms with Crippen molar-refractivity contribution in [2.75, 3.05) is 0 Å². The van der Waals surface area contributed by atoms with Crippen molar-refractivity contribution >= 4 is 0 Å². The minimum atomic E-state index is -0.480. The van der Waals surface area contributed by atoms with E-state index in [4.69, 9.17) is 4.52 Å². The van der Waals surface area contributed by atoms with Crippen molar-refractivity contribution in [3.63, 3.8) is 0 Å². The number of rotatable bonds is 4. The smallest absolute Gasteiger partial charge is 0.393 e. The molecule has 6 heteroatoms. The van der Waals surface area contributed by atoms with E-state index in [1.807, 2.05) is 0 Å². The standard InChI is InChI=1S/C26H42N2O4/c1-5-15-11-17-19-7-6-18(14(2)10-22-27-24(31)32-28-22)26(19,4)13-21(30)23(17)25(3)9-8-16(29)12-20(15)25/h14-21,23,29-30H,5-13H2,1-4H3,(H,27,28,31)/t14-,15+,16-,17?,18-,19?,20+,21?,23?,25+,26-/m1/s1. The fourth-order valence-corrected chi connectivity index (χ4v) is 9.84. The molecule has 0 spiro atoms. The second-order valence-corrected chi connectivity index (χ2v) is 12.4. The third kappa shape index (κ3) is 3.34. The summed E-state index contributed by atoms with van der Waals surface area (Å²) in [5.74, 6) is 3.85. The molecule has 0 bridgehead atoms. The Labute approximate surface area is 191 Å². The molecular formula is C26H42N2O4. The molecule has 4 saturated carbocycles. The lowest BCUT2D eigenvalue weighted by Gasteiger charge is -2.64. The van der Waals surface area contributed by atoms with Gasteiger partial charge >= 0.3 is 5.76 Å². The Morgan fingerprint density at radius 2 is 1.94 bits per heavy atom. The van der Waals surface area contributed by atoms with E-state index in [0.717, 1.165) is 32.1 Å². The van der Waals surface area contributed by atoms with Crippen molar-refractivity contribution < 1.29 is 14.7 Å². The highest BCUT2D eigenvalue weighted by Crippen LogP contribution is 2.69. The summed E-state index contributed by atoms with van der Waals surface area (Å²) in [6, 6.07) is 0. The van der Waals surface area contributed by atoms with Crippen LogP contribution in [-0.4, -0.2) is 32.6 Å². The summed E-state index contributed by atoms with van der Waals surface area (Å²) < 4.78 is 4.72. The van der Waals surface area contributed by atoms with Gasteiger partial charge in [-0.1, -0.05) is 39.3 Å². The van der Waals surface area contributed by atoms with Crippen molar-refractivity contribution in [3.8, 4) is 0 Å². The minimum Gasteiger partial charge on any atom is -0.393 e. The van der Waals surface area contributed by atoms with Crippen LogP contribution >= 0.6 is 0 Å². The van der Waals surface area contributed by atoms with Crippen molar-refractivity contribution in [3.05, 3.63) is 16.4 Å². The molecule has 5 rings (SSSR count). The summed E-state index contributed by atoms with van der Waals surface area (Å²) in [5.41, 5.74) is 0.271. The van der Waals surface area contributed by atoms with Crippen LogP contribution in [0.1, 0.15) is 84.9 Å². The average molecular weight is 447 g/mol. The largest absolute Gasteiger partial charge is 0.438 e. The number of aromatic amines is 1. The van der Waals surface area contributed by atoms with Gasteiger partial charge in [-0.15, -0.1) is 0 Å². The summed E-state index contributed by atoms with van der Waals surface area (Å²) in [4.78, 5) is 14.1. The van der Waals surface area contributed by atoms with E-state index < -0.39 is 5.76 Å². The van der Waals surface area contributed by atoms with E-state index in [0.29, 0.717) is 47.2 Å². The molecule has 11 atom stereocenters. The molecule has 1 aromatic heterocycles. The Bertz CT molecular complexity index is 881. The van der Waals surface area contributed by atoms with Gasteiger partial charge in [-0.05, 0) is 97.2 Å². The van der Waals surface area contributed by atoms with Gasteiger partial charge in [-0.3, -0.25) is 9.51 Å².